The molecule has 2 aromatic heterocycles. The number of fused-ring (bicyclic) bond motifs is 1. The maximum atomic E-state index is 13.1. The van der Waals surface area contributed by atoms with Crippen LogP contribution < -0.4 is 0 Å². The molecule has 1 aliphatic rings. The van der Waals surface area contributed by atoms with Crippen molar-refractivity contribution in [1.29, 1.82) is 0 Å². The monoisotopic (exact) mass is 435 g/mol. The highest BCUT2D eigenvalue weighted by atomic mass is 32.1. The van der Waals surface area contributed by atoms with Crippen LogP contribution in [-0.4, -0.2) is 52.8 Å². The van der Waals surface area contributed by atoms with Crippen LogP contribution in [0, 0.1) is 5.82 Å². The molecule has 0 radical (unpaired) electrons. The van der Waals surface area contributed by atoms with Crippen LogP contribution in [0.3, 0.4) is 0 Å². The van der Waals surface area contributed by atoms with Gasteiger partial charge in [0.1, 0.15) is 5.82 Å². The predicted octanol–water partition coefficient (Wildman–Crippen LogP) is 4.29. The number of rotatable bonds is 3. The van der Waals surface area contributed by atoms with Crippen molar-refractivity contribution < 1.29 is 18.4 Å². The van der Waals surface area contributed by atoms with Crippen molar-refractivity contribution in [3.63, 3.8) is 0 Å². The lowest BCUT2D eigenvalue weighted by Crippen LogP contribution is -2.50. The number of hydrogen-bond donors (Lipinski definition) is 0. The molecule has 5 rings (SSSR count). The van der Waals surface area contributed by atoms with Crippen LogP contribution >= 0.6 is 11.3 Å². The Hall–Kier alpha value is -3.52. The van der Waals surface area contributed by atoms with E-state index in [-0.39, 0.29) is 23.4 Å². The van der Waals surface area contributed by atoms with E-state index in [1.807, 2.05) is 24.3 Å². The third-order valence-corrected chi connectivity index (χ3v) is 6.32. The predicted molar refractivity (Wildman–Crippen MR) is 116 cm³/mol. The van der Waals surface area contributed by atoms with Crippen LogP contribution in [-0.2, 0) is 0 Å². The highest BCUT2D eigenvalue weighted by Crippen LogP contribution is 2.31. The minimum atomic E-state index is -0.379. The molecular formula is C23H18FN3O3S. The Balaban J connectivity index is 1.24. The van der Waals surface area contributed by atoms with E-state index in [4.69, 9.17) is 4.42 Å². The zero-order valence-electron chi connectivity index (χ0n) is 16.5. The van der Waals surface area contributed by atoms with Crippen molar-refractivity contribution in [2.24, 2.45) is 0 Å². The molecule has 6 nitrogen and oxygen atoms in total. The fourth-order valence-corrected chi connectivity index (χ4v) is 4.52. The molecule has 0 unspecified atom stereocenters. The summed E-state index contributed by atoms with van der Waals surface area (Å²) in [6, 6.07) is 16.8. The van der Waals surface area contributed by atoms with Crippen LogP contribution in [0.5, 0.6) is 0 Å². The number of aromatic nitrogens is 1. The number of carbonyl (C=O) groups is 2. The summed E-state index contributed by atoms with van der Waals surface area (Å²) in [6.07, 6.45) is 0. The molecule has 8 heteroatoms. The van der Waals surface area contributed by atoms with Gasteiger partial charge in [-0.3, -0.25) is 9.59 Å². The fraction of sp³-hybridized carbons (Fsp3) is 0.174. The van der Waals surface area contributed by atoms with E-state index in [1.54, 1.807) is 21.9 Å². The van der Waals surface area contributed by atoms with Gasteiger partial charge < -0.3 is 14.2 Å². The Bertz CT molecular complexity index is 1220. The van der Waals surface area contributed by atoms with Gasteiger partial charge in [-0.2, -0.15) is 0 Å². The van der Waals surface area contributed by atoms with Gasteiger partial charge in [-0.05, 0) is 48.5 Å². The first-order chi connectivity index (χ1) is 15.1. The van der Waals surface area contributed by atoms with Crippen LogP contribution in [0.4, 0.5) is 4.39 Å². The maximum absolute atomic E-state index is 13.1. The molecule has 1 saturated heterocycles. The molecule has 0 N–H and O–H groups in total. The summed E-state index contributed by atoms with van der Waals surface area (Å²) in [7, 11) is 0. The molecule has 0 bridgehead atoms. The van der Waals surface area contributed by atoms with E-state index in [0.717, 1.165) is 15.2 Å². The minimum Gasteiger partial charge on any atom is -0.448 e. The summed E-state index contributed by atoms with van der Waals surface area (Å²) in [5.41, 5.74) is 1.33. The number of halogens is 1. The van der Waals surface area contributed by atoms with Gasteiger partial charge in [-0.15, -0.1) is 11.3 Å². The van der Waals surface area contributed by atoms with Gasteiger partial charge in [-0.1, -0.05) is 12.1 Å². The van der Waals surface area contributed by atoms with Crippen LogP contribution in [0.15, 0.2) is 65.1 Å². The Morgan fingerprint density at radius 1 is 0.871 bits per heavy atom. The van der Waals surface area contributed by atoms with Crippen LogP contribution in [0.2, 0.25) is 0 Å². The normalized spacial score (nSPS) is 14.2. The number of carbonyl (C=O) groups excluding carboxylic acids is 2. The third-order valence-electron chi connectivity index (χ3n) is 5.27. The molecule has 4 aromatic rings. The fourth-order valence-electron chi connectivity index (χ4n) is 3.59. The lowest BCUT2D eigenvalue weighted by Gasteiger charge is -2.34. The molecule has 0 atom stereocenters. The van der Waals surface area contributed by atoms with Gasteiger partial charge in [0, 0.05) is 31.7 Å². The first-order valence-electron chi connectivity index (χ1n) is 9.88. The molecular weight excluding hydrogens is 417 g/mol. The van der Waals surface area contributed by atoms with E-state index in [2.05, 4.69) is 4.98 Å². The number of amides is 2. The van der Waals surface area contributed by atoms with Crippen molar-refractivity contribution in [3.8, 4) is 10.8 Å². The molecule has 0 aliphatic carbocycles. The number of thiazole rings is 1. The number of nitrogens with zero attached hydrogens (tertiary/aromatic N) is 3. The smallest absolute Gasteiger partial charge is 0.289 e. The second kappa shape index (κ2) is 7.96. The summed E-state index contributed by atoms with van der Waals surface area (Å²) in [4.78, 5) is 33.4. The SMILES string of the molecule is O=C(c1ccc(F)cc1)N1CCN(C(=O)c2ccc(-c3nc4ccccc4s3)o2)CC1. The second-order valence-electron chi connectivity index (χ2n) is 7.24. The molecule has 0 saturated carbocycles. The van der Waals surface area contributed by atoms with Crippen molar-refractivity contribution in [2.75, 3.05) is 26.2 Å². The number of benzene rings is 2. The summed E-state index contributed by atoms with van der Waals surface area (Å²) in [6.45, 7) is 1.63. The number of hydrogen-bond acceptors (Lipinski definition) is 5. The lowest BCUT2D eigenvalue weighted by atomic mass is 10.1. The topological polar surface area (TPSA) is 66.7 Å². The van der Waals surface area contributed by atoms with E-state index in [0.29, 0.717) is 37.5 Å². The molecule has 2 amide bonds. The lowest BCUT2D eigenvalue weighted by molar-refractivity contribution is 0.0518. The van der Waals surface area contributed by atoms with Gasteiger partial charge in [0.25, 0.3) is 11.8 Å². The summed E-state index contributed by atoms with van der Waals surface area (Å²) >= 11 is 1.52. The second-order valence-corrected chi connectivity index (χ2v) is 8.27. The number of furan rings is 1. The Labute approximate surface area is 181 Å². The maximum Gasteiger partial charge on any atom is 0.289 e. The van der Waals surface area contributed by atoms with E-state index < -0.39 is 0 Å². The van der Waals surface area contributed by atoms with Crippen LogP contribution in [0.25, 0.3) is 21.0 Å². The highest BCUT2D eigenvalue weighted by molar-refractivity contribution is 7.21. The Morgan fingerprint density at radius 2 is 1.55 bits per heavy atom. The van der Waals surface area contributed by atoms with E-state index >= 15 is 0 Å². The molecule has 1 aliphatic heterocycles. The summed E-state index contributed by atoms with van der Waals surface area (Å²) < 4.78 is 19.9. The third kappa shape index (κ3) is 3.82. The van der Waals surface area contributed by atoms with E-state index in [1.165, 1.54) is 35.6 Å². The molecule has 0 spiro atoms. The van der Waals surface area contributed by atoms with Gasteiger partial charge in [0.2, 0.25) is 0 Å². The molecule has 2 aromatic carbocycles. The van der Waals surface area contributed by atoms with Crippen molar-refractivity contribution >= 4 is 33.4 Å². The van der Waals surface area contributed by atoms with E-state index in [9.17, 15) is 14.0 Å². The first kappa shape index (κ1) is 19.4. The van der Waals surface area contributed by atoms with Gasteiger partial charge in [0.15, 0.2) is 16.5 Å². The average molecular weight is 435 g/mol. The standard InChI is InChI=1S/C23H18FN3O3S/c24-16-7-5-15(6-8-16)22(28)26-11-13-27(14-12-26)23(29)19-10-9-18(30-19)21-25-17-3-1-2-4-20(17)31-21/h1-10H,11-14H2. The highest BCUT2D eigenvalue weighted by Gasteiger charge is 2.27. The minimum absolute atomic E-state index is 0.164. The van der Waals surface area contributed by atoms with Gasteiger partial charge in [-0.25, -0.2) is 9.37 Å². The number of piperazine rings is 1. The molecule has 1 fully saturated rings. The van der Waals surface area contributed by atoms with Gasteiger partial charge in [0.05, 0.1) is 10.2 Å². The van der Waals surface area contributed by atoms with Crippen molar-refractivity contribution in [1.82, 2.24) is 14.8 Å². The van der Waals surface area contributed by atoms with Crippen molar-refractivity contribution in [3.05, 3.63) is 77.8 Å². The zero-order valence-corrected chi connectivity index (χ0v) is 17.3. The van der Waals surface area contributed by atoms with Crippen molar-refractivity contribution in [2.45, 2.75) is 0 Å². The average Bonchev–Trinajstić information content (AvgIpc) is 3.46. The molecule has 156 valence electrons. The molecule has 3 heterocycles. The summed E-state index contributed by atoms with van der Waals surface area (Å²) in [5.74, 6) is 0.0716. The Kier molecular flexibility index (Phi) is 4.99. The molecule has 31 heavy (non-hydrogen) atoms. The number of para-hydroxylation sites is 1. The largest absolute Gasteiger partial charge is 0.448 e. The Morgan fingerprint density at radius 3 is 2.26 bits per heavy atom. The van der Waals surface area contributed by atoms with Crippen LogP contribution in [0.1, 0.15) is 20.9 Å². The summed E-state index contributed by atoms with van der Waals surface area (Å²) in [5, 5.41) is 0.731. The zero-order chi connectivity index (χ0) is 21.4. The quantitative estimate of drug-likeness (QED) is 0.481. The van der Waals surface area contributed by atoms with Gasteiger partial charge >= 0.3 is 0 Å². The first-order valence-corrected chi connectivity index (χ1v) is 10.7.